The molecule has 1 aliphatic heterocycles. The van der Waals surface area contributed by atoms with Crippen molar-refractivity contribution in [2.45, 2.75) is 25.8 Å². The molecule has 17 heavy (non-hydrogen) atoms. The Morgan fingerprint density at radius 2 is 2.41 bits per heavy atom. The minimum Gasteiger partial charge on any atom is -0.506 e. The molecule has 0 radical (unpaired) electrons. The predicted octanol–water partition coefficient (Wildman–Crippen LogP) is 1.84. The Kier molecular flexibility index (Phi) is 2.52. The zero-order chi connectivity index (χ0) is 11.8. The van der Waals surface area contributed by atoms with Crippen LogP contribution in [0.3, 0.4) is 0 Å². The molecule has 1 fully saturated rings. The number of phenols is 1. The van der Waals surface area contributed by atoms with Crippen LogP contribution in [0.15, 0.2) is 18.2 Å². The van der Waals surface area contributed by atoms with Gasteiger partial charge in [0.05, 0.1) is 5.52 Å². The standard InChI is InChI=1S/C13H17N3O/c1-2-12-15-10-4-3-5-11(17)13(10)16(12)9-6-7-14-8-9/h3-5,9,14,17H,2,6-8H2,1H3. The average Bonchev–Trinajstić information content (AvgIpc) is 2.95. The number of imidazole rings is 1. The number of rotatable bonds is 2. The normalized spacial score (nSPS) is 20.2. The van der Waals surface area contributed by atoms with Crippen LogP contribution in [-0.4, -0.2) is 27.7 Å². The number of aryl methyl sites for hydroxylation is 1. The van der Waals surface area contributed by atoms with Crippen LogP contribution in [0.5, 0.6) is 5.75 Å². The van der Waals surface area contributed by atoms with Gasteiger partial charge in [0, 0.05) is 19.0 Å². The molecule has 4 nitrogen and oxygen atoms in total. The number of aromatic hydroxyl groups is 1. The van der Waals surface area contributed by atoms with Crippen LogP contribution < -0.4 is 5.32 Å². The summed E-state index contributed by atoms with van der Waals surface area (Å²) in [5.74, 6) is 1.40. The molecule has 2 N–H and O–H groups in total. The minimum absolute atomic E-state index is 0.335. The summed E-state index contributed by atoms with van der Waals surface area (Å²) in [6, 6.07) is 5.97. The molecule has 1 saturated heterocycles. The Morgan fingerprint density at radius 1 is 1.53 bits per heavy atom. The van der Waals surface area contributed by atoms with Gasteiger partial charge in [0.15, 0.2) is 0 Å². The lowest BCUT2D eigenvalue weighted by atomic mass is 10.2. The Labute approximate surface area is 100 Å². The highest BCUT2D eigenvalue weighted by molar-refractivity contribution is 5.82. The van der Waals surface area contributed by atoms with E-state index in [0.717, 1.165) is 42.8 Å². The second-order valence-electron chi connectivity index (χ2n) is 4.54. The summed E-state index contributed by atoms with van der Waals surface area (Å²) in [7, 11) is 0. The molecule has 3 rings (SSSR count). The lowest BCUT2D eigenvalue weighted by molar-refractivity contribution is 0.470. The second-order valence-corrected chi connectivity index (χ2v) is 4.54. The van der Waals surface area contributed by atoms with Crippen molar-refractivity contribution in [3.63, 3.8) is 0 Å². The third-order valence-electron chi connectivity index (χ3n) is 3.48. The Morgan fingerprint density at radius 3 is 3.12 bits per heavy atom. The van der Waals surface area contributed by atoms with Crippen LogP contribution >= 0.6 is 0 Å². The topological polar surface area (TPSA) is 50.1 Å². The molecule has 0 spiro atoms. The smallest absolute Gasteiger partial charge is 0.141 e. The summed E-state index contributed by atoms with van der Waals surface area (Å²) < 4.78 is 2.21. The fourth-order valence-electron chi connectivity index (χ4n) is 2.68. The molecule has 0 bridgehead atoms. The highest BCUT2D eigenvalue weighted by Gasteiger charge is 2.22. The van der Waals surface area contributed by atoms with Crippen LogP contribution in [0.2, 0.25) is 0 Å². The first-order valence-corrected chi connectivity index (χ1v) is 6.20. The van der Waals surface area contributed by atoms with Gasteiger partial charge in [0.2, 0.25) is 0 Å². The molecule has 4 heteroatoms. The molecule has 0 amide bonds. The van der Waals surface area contributed by atoms with Gasteiger partial charge in [-0.15, -0.1) is 0 Å². The lowest BCUT2D eigenvalue weighted by Gasteiger charge is -2.15. The van der Waals surface area contributed by atoms with Gasteiger partial charge in [-0.05, 0) is 25.1 Å². The van der Waals surface area contributed by atoms with Crippen molar-refractivity contribution in [3.8, 4) is 5.75 Å². The summed E-state index contributed by atoms with van der Waals surface area (Å²) >= 11 is 0. The highest BCUT2D eigenvalue weighted by Crippen LogP contribution is 2.30. The maximum atomic E-state index is 10.0. The van der Waals surface area contributed by atoms with Crippen LogP contribution in [0.4, 0.5) is 0 Å². The van der Waals surface area contributed by atoms with Gasteiger partial charge in [-0.2, -0.15) is 0 Å². The fraction of sp³-hybridized carbons (Fsp3) is 0.462. The van der Waals surface area contributed by atoms with Gasteiger partial charge >= 0.3 is 0 Å². The number of nitrogens with zero attached hydrogens (tertiary/aromatic N) is 2. The van der Waals surface area contributed by atoms with Gasteiger partial charge in [-0.25, -0.2) is 4.98 Å². The number of nitrogens with one attached hydrogen (secondary N) is 1. The van der Waals surface area contributed by atoms with E-state index in [1.807, 2.05) is 12.1 Å². The Bertz CT molecular complexity index is 541. The summed E-state index contributed by atoms with van der Waals surface area (Å²) in [5, 5.41) is 13.4. The SMILES string of the molecule is CCc1nc2cccc(O)c2n1C1CCNC1. The first-order chi connectivity index (χ1) is 8.31. The van der Waals surface area contributed by atoms with E-state index < -0.39 is 0 Å². The molecule has 1 aromatic heterocycles. The van der Waals surface area contributed by atoms with Crippen molar-refractivity contribution in [1.29, 1.82) is 0 Å². The molecular weight excluding hydrogens is 214 g/mol. The van der Waals surface area contributed by atoms with Crippen molar-refractivity contribution in [1.82, 2.24) is 14.9 Å². The number of hydrogen-bond donors (Lipinski definition) is 2. The van der Waals surface area contributed by atoms with Crippen molar-refractivity contribution in [2.24, 2.45) is 0 Å². The van der Waals surface area contributed by atoms with E-state index in [0.29, 0.717) is 11.8 Å². The molecule has 2 heterocycles. The lowest BCUT2D eigenvalue weighted by Crippen LogP contribution is -2.15. The van der Waals surface area contributed by atoms with E-state index in [-0.39, 0.29) is 0 Å². The maximum Gasteiger partial charge on any atom is 0.141 e. The number of para-hydroxylation sites is 1. The van der Waals surface area contributed by atoms with E-state index in [1.54, 1.807) is 6.07 Å². The third kappa shape index (κ3) is 1.60. The number of phenolic OH excluding ortho intramolecular Hbond substituents is 1. The van der Waals surface area contributed by atoms with Crippen molar-refractivity contribution in [2.75, 3.05) is 13.1 Å². The summed E-state index contributed by atoms with van der Waals surface area (Å²) in [4.78, 5) is 4.61. The number of hydrogen-bond acceptors (Lipinski definition) is 3. The molecule has 2 aromatic rings. The van der Waals surface area contributed by atoms with Crippen molar-refractivity contribution < 1.29 is 5.11 Å². The molecule has 1 aliphatic rings. The van der Waals surface area contributed by atoms with Crippen LogP contribution in [0.1, 0.15) is 25.2 Å². The number of fused-ring (bicyclic) bond motifs is 1. The first kappa shape index (κ1) is 10.6. The summed E-state index contributed by atoms with van der Waals surface area (Å²) in [5.41, 5.74) is 1.78. The Hall–Kier alpha value is -1.55. The molecule has 0 saturated carbocycles. The van der Waals surface area contributed by atoms with Crippen LogP contribution in [0.25, 0.3) is 11.0 Å². The van der Waals surface area contributed by atoms with Gasteiger partial charge < -0.3 is 15.0 Å². The van der Waals surface area contributed by atoms with Crippen molar-refractivity contribution >= 4 is 11.0 Å². The molecule has 0 aliphatic carbocycles. The quantitative estimate of drug-likeness (QED) is 0.829. The number of benzene rings is 1. The van der Waals surface area contributed by atoms with Crippen LogP contribution in [0, 0.1) is 0 Å². The monoisotopic (exact) mass is 231 g/mol. The third-order valence-corrected chi connectivity index (χ3v) is 3.48. The summed E-state index contributed by atoms with van der Waals surface area (Å²) in [6.07, 6.45) is 2.00. The summed E-state index contributed by atoms with van der Waals surface area (Å²) in [6.45, 7) is 4.12. The minimum atomic E-state index is 0.335. The van der Waals surface area contributed by atoms with Gasteiger partial charge in [0.1, 0.15) is 17.1 Å². The first-order valence-electron chi connectivity index (χ1n) is 6.20. The number of aromatic nitrogens is 2. The molecular formula is C13H17N3O. The van der Waals surface area contributed by atoms with Gasteiger partial charge in [-0.1, -0.05) is 13.0 Å². The van der Waals surface area contributed by atoms with E-state index in [2.05, 4.69) is 21.8 Å². The van der Waals surface area contributed by atoms with E-state index in [1.165, 1.54) is 0 Å². The largest absolute Gasteiger partial charge is 0.506 e. The zero-order valence-electron chi connectivity index (χ0n) is 9.98. The Balaban J connectivity index is 2.24. The average molecular weight is 231 g/mol. The zero-order valence-corrected chi connectivity index (χ0v) is 9.98. The van der Waals surface area contributed by atoms with Crippen molar-refractivity contribution in [3.05, 3.63) is 24.0 Å². The molecule has 1 unspecified atom stereocenters. The molecule has 1 atom stereocenters. The fourth-order valence-corrected chi connectivity index (χ4v) is 2.68. The molecule has 1 aromatic carbocycles. The van der Waals surface area contributed by atoms with Crippen LogP contribution in [-0.2, 0) is 6.42 Å². The second kappa shape index (κ2) is 4.04. The van der Waals surface area contributed by atoms with Gasteiger partial charge in [-0.3, -0.25) is 0 Å². The predicted molar refractivity (Wildman–Crippen MR) is 67.3 cm³/mol. The highest BCUT2D eigenvalue weighted by atomic mass is 16.3. The van der Waals surface area contributed by atoms with E-state index >= 15 is 0 Å². The van der Waals surface area contributed by atoms with Gasteiger partial charge in [0.25, 0.3) is 0 Å². The van der Waals surface area contributed by atoms with E-state index in [4.69, 9.17) is 0 Å². The van der Waals surface area contributed by atoms with E-state index in [9.17, 15) is 5.11 Å². The molecule has 90 valence electrons. The maximum absolute atomic E-state index is 10.0.